The van der Waals surface area contributed by atoms with Crippen LogP contribution in [0.3, 0.4) is 0 Å². The molecule has 0 saturated carbocycles. The Balaban J connectivity index is 1.55. The number of likely N-dealkylation sites (tertiary alicyclic amines) is 1. The van der Waals surface area contributed by atoms with Crippen LogP contribution in [0.15, 0.2) is 42.5 Å². The Morgan fingerprint density at radius 2 is 1.89 bits per heavy atom. The fraction of sp³-hybridized carbons (Fsp3) is 0.364. The predicted octanol–water partition coefficient (Wildman–Crippen LogP) is 3.43. The lowest BCUT2D eigenvalue weighted by atomic mass is 10.1. The van der Waals surface area contributed by atoms with Crippen molar-refractivity contribution in [2.45, 2.75) is 38.9 Å². The highest BCUT2D eigenvalue weighted by atomic mass is 16.1. The highest BCUT2D eigenvalue weighted by Gasteiger charge is 2.24. The summed E-state index contributed by atoms with van der Waals surface area (Å²) in [6.45, 7) is 6.21. The molecule has 1 fully saturated rings. The van der Waals surface area contributed by atoms with Gasteiger partial charge in [-0.1, -0.05) is 30.3 Å². The van der Waals surface area contributed by atoms with E-state index < -0.39 is 0 Å². The fourth-order valence-electron chi connectivity index (χ4n) is 4.35. The minimum Gasteiger partial charge on any atom is -0.348 e. The summed E-state index contributed by atoms with van der Waals surface area (Å²) in [5.41, 5.74) is 4.98. The molecule has 5 nitrogen and oxygen atoms in total. The molecule has 1 saturated heterocycles. The first kappa shape index (κ1) is 16.5. The molecular weight excluding hydrogens is 336 g/mol. The molecule has 1 N–H and O–H groups in total. The van der Waals surface area contributed by atoms with Gasteiger partial charge in [0, 0.05) is 24.7 Å². The summed E-state index contributed by atoms with van der Waals surface area (Å²) in [6.07, 6.45) is 2.63. The standard InChI is InChI=1S/C22H24N4O/c1-15-13-26-20-18(22(27)23-15)5-4-6-19(20)24-21(26)17-9-7-16(8-10-17)14-25-11-2-3-12-25/h4-10,15H,2-3,11-14H2,1H3,(H,23,27)/t15-/m0/s1. The molecule has 1 aromatic heterocycles. The van der Waals surface area contributed by atoms with Crippen LogP contribution in [0.4, 0.5) is 0 Å². The van der Waals surface area contributed by atoms with Gasteiger partial charge < -0.3 is 9.88 Å². The van der Waals surface area contributed by atoms with Gasteiger partial charge in [0.05, 0.1) is 16.6 Å². The second-order valence-electron chi connectivity index (χ2n) is 7.77. The summed E-state index contributed by atoms with van der Waals surface area (Å²) in [5.74, 6) is 0.924. The third-order valence-electron chi connectivity index (χ3n) is 5.66. The number of para-hydroxylation sites is 1. The first-order valence-electron chi connectivity index (χ1n) is 9.81. The number of hydrogen-bond donors (Lipinski definition) is 1. The molecule has 2 aliphatic heterocycles. The molecule has 5 heteroatoms. The highest BCUT2D eigenvalue weighted by molar-refractivity contribution is 6.06. The first-order valence-corrected chi connectivity index (χ1v) is 9.81. The minimum absolute atomic E-state index is 0.0146. The number of nitrogens with zero attached hydrogens (tertiary/aromatic N) is 3. The van der Waals surface area contributed by atoms with Crippen molar-refractivity contribution in [1.29, 1.82) is 0 Å². The number of rotatable bonds is 3. The van der Waals surface area contributed by atoms with Crippen molar-refractivity contribution in [3.05, 3.63) is 53.6 Å². The van der Waals surface area contributed by atoms with Gasteiger partial charge >= 0.3 is 0 Å². The molecule has 5 rings (SSSR count). The van der Waals surface area contributed by atoms with Crippen LogP contribution >= 0.6 is 0 Å². The lowest BCUT2D eigenvalue weighted by Crippen LogP contribution is -2.33. The van der Waals surface area contributed by atoms with Gasteiger partial charge in [0.1, 0.15) is 5.82 Å². The third-order valence-corrected chi connectivity index (χ3v) is 5.66. The number of carbonyl (C=O) groups is 1. The van der Waals surface area contributed by atoms with E-state index in [4.69, 9.17) is 4.98 Å². The van der Waals surface area contributed by atoms with Crippen molar-refractivity contribution < 1.29 is 4.79 Å². The van der Waals surface area contributed by atoms with Crippen molar-refractivity contribution >= 4 is 16.9 Å². The molecule has 0 bridgehead atoms. The molecule has 0 aliphatic carbocycles. The highest BCUT2D eigenvalue weighted by Crippen LogP contribution is 2.29. The zero-order valence-corrected chi connectivity index (χ0v) is 15.6. The van der Waals surface area contributed by atoms with Crippen LogP contribution in [0.2, 0.25) is 0 Å². The van der Waals surface area contributed by atoms with Crippen LogP contribution in [0.25, 0.3) is 22.4 Å². The monoisotopic (exact) mass is 360 g/mol. The van der Waals surface area contributed by atoms with E-state index in [0.29, 0.717) is 5.56 Å². The van der Waals surface area contributed by atoms with Crippen molar-refractivity contribution in [3.8, 4) is 11.4 Å². The van der Waals surface area contributed by atoms with Crippen LogP contribution in [-0.4, -0.2) is 39.5 Å². The molecule has 1 atom stereocenters. The first-order chi connectivity index (χ1) is 13.2. The minimum atomic E-state index is -0.0146. The third kappa shape index (κ3) is 2.92. The summed E-state index contributed by atoms with van der Waals surface area (Å²) in [7, 11) is 0. The van der Waals surface area contributed by atoms with E-state index in [0.717, 1.165) is 35.5 Å². The molecule has 1 amide bonds. The van der Waals surface area contributed by atoms with Crippen molar-refractivity contribution in [1.82, 2.24) is 19.8 Å². The van der Waals surface area contributed by atoms with Crippen molar-refractivity contribution in [3.63, 3.8) is 0 Å². The molecule has 3 heterocycles. The van der Waals surface area contributed by atoms with E-state index in [9.17, 15) is 4.79 Å². The van der Waals surface area contributed by atoms with Crippen LogP contribution in [-0.2, 0) is 13.1 Å². The molecule has 27 heavy (non-hydrogen) atoms. The Labute approximate surface area is 159 Å². The van der Waals surface area contributed by atoms with E-state index >= 15 is 0 Å². The molecule has 2 aliphatic rings. The van der Waals surface area contributed by atoms with Crippen LogP contribution in [0.1, 0.15) is 35.7 Å². The Hall–Kier alpha value is -2.66. The lowest BCUT2D eigenvalue weighted by Gasteiger charge is -2.15. The number of imidazole rings is 1. The molecule has 2 aromatic carbocycles. The summed E-state index contributed by atoms with van der Waals surface area (Å²) in [6, 6.07) is 14.6. The smallest absolute Gasteiger partial charge is 0.253 e. The molecule has 3 aromatic rings. The maximum Gasteiger partial charge on any atom is 0.253 e. The van der Waals surface area contributed by atoms with E-state index in [1.54, 1.807) is 0 Å². The number of amides is 1. The number of benzene rings is 2. The zero-order valence-electron chi connectivity index (χ0n) is 15.6. The summed E-state index contributed by atoms with van der Waals surface area (Å²) in [4.78, 5) is 19.9. The maximum absolute atomic E-state index is 12.5. The summed E-state index contributed by atoms with van der Waals surface area (Å²) in [5, 5.41) is 3.07. The van der Waals surface area contributed by atoms with Crippen molar-refractivity contribution in [2.24, 2.45) is 0 Å². The van der Waals surface area contributed by atoms with Gasteiger partial charge in [-0.2, -0.15) is 0 Å². The largest absolute Gasteiger partial charge is 0.348 e. The SMILES string of the molecule is C[C@H]1Cn2c(-c3ccc(CN4CCCC4)cc3)nc3cccc(c32)C(=O)N1. The topological polar surface area (TPSA) is 50.2 Å². The average molecular weight is 360 g/mol. The summed E-state index contributed by atoms with van der Waals surface area (Å²) >= 11 is 0. The van der Waals surface area contributed by atoms with Gasteiger partial charge in [0.2, 0.25) is 0 Å². The Morgan fingerprint density at radius 1 is 1.11 bits per heavy atom. The summed E-state index contributed by atoms with van der Waals surface area (Å²) < 4.78 is 2.20. The van der Waals surface area contributed by atoms with E-state index in [2.05, 4.69) is 39.0 Å². The van der Waals surface area contributed by atoms with Crippen LogP contribution in [0.5, 0.6) is 0 Å². The van der Waals surface area contributed by atoms with Gasteiger partial charge in [0.25, 0.3) is 5.91 Å². The lowest BCUT2D eigenvalue weighted by molar-refractivity contribution is 0.0942. The number of nitrogens with one attached hydrogen (secondary N) is 1. The van der Waals surface area contributed by atoms with Crippen LogP contribution < -0.4 is 5.32 Å². The normalized spacial score (nSPS) is 20.0. The van der Waals surface area contributed by atoms with E-state index in [-0.39, 0.29) is 11.9 Å². The molecule has 0 spiro atoms. The van der Waals surface area contributed by atoms with E-state index in [1.807, 2.05) is 25.1 Å². The average Bonchev–Trinajstić information content (AvgIpc) is 3.27. The zero-order chi connectivity index (χ0) is 18.4. The van der Waals surface area contributed by atoms with Gasteiger partial charge in [-0.15, -0.1) is 0 Å². The molecule has 138 valence electrons. The van der Waals surface area contributed by atoms with Crippen molar-refractivity contribution in [2.75, 3.05) is 13.1 Å². The quantitative estimate of drug-likeness (QED) is 0.778. The fourth-order valence-corrected chi connectivity index (χ4v) is 4.35. The van der Waals surface area contributed by atoms with E-state index in [1.165, 1.54) is 31.5 Å². The maximum atomic E-state index is 12.5. The number of carbonyl (C=O) groups excluding carboxylic acids is 1. The van der Waals surface area contributed by atoms with Gasteiger partial charge in [-0.25, -0.2) is 4.98 Å². The molecule has 0 radical (unpaired) electrons. The van der Waals surface area contributed by atoms with Gasteiger partial charge in [-0.3, -0.25) is 9.69 Å². The second kappa shape index (κ2) is 6.50. The molecule has 0 unspecified atom stereocenters. The Morgan fingerprint density at radius 3 is 2.67 bits per heavy atom. The molecular formula is C22H24N4O. The Kier molecular flexibility index (Phi) is 3.97. The predicted molar refractivity (Wildman–Crippen MR) is 107 cm³/mol. The second-order valence-corrected chi connectivity index (χ2v) is 7.77. The number of aromatic nitrogens is 2. The Bertz CT molecular complexity index is 999. The number of hydrogen-bond acceptors (Lipinski definition) is 3. The van der Waals surface area contributed by atoms with Crippen LogP contribution in [0, 0.1) is 0 Å². The van der Waals surface area contributed by atoms with Gasteiger partial charge in [0.15, 0.2) is 0 Å². The van der Waals surface area contributed by atoms with Gasteiger partial charge in [-0.05, 0) is 50.6 Å².